The highest BCUT2D eigenvalue weighted by Gasteiger charge is 2.15. The first-order chi connectivity index (χ1) is 13.0. The molecule has 1 aromatic heterocycles. The minimum Gasteiger partial charge on any atom is -0.391 e. The lowest BCUT2D eigenvalue weighted by Gasteiger charge is -2.10. The molecule has 0 atom stereocenters. The third-order valence-corrected chi connectivity index (χ3v) is 4.85. The average molecular weight is 401 g/mol. The summed E-state index contributed by atoms with van der Waals surface area (Å²) in [6.45, 7) is 3.91. The third kappa shape index (κ3) is 4.90. The molecule has 0 saturated carbocycles. The molecule has 3 aromatic rings. The van der Waals surface area contributed by atoms with Crippen molar-refractivity contribution in [3.05, 3.63) is 75.3 Å². The Hall–Kier alpha value is -2.77. The number of hydrogen-bond donors (Lipinski definition) is 1. The number of nitrogens with one attached hydrogen (secondary N) is 1. The number of oxime groups is 1. The summed E-state index contributed by atoms with van der Waals surface area (Å²) >= 11 is 6.94. The Kier molecular flexibility index (Phi) is 6.16. The van der Waals surface area contributed by atoms with E-state index in [1.54, 1.807) is 19.1 Å². The molecular weight excluding hydrogens is 384 g/mol. The van der Waals surface area contributed by atoms with E-state index in [2.05, 4.69) is 20.1 Å². The molecule has 0 unspecified atom stereocenters. The SMILES string of the molecule is C/C(=N\OCc1ccc(Cl)cc1)c1ccccc1NC(=O)c1snnc1C. The topological polar surface area (TPSA) is 76.5 Å². The number of hydrogen-bond acceptors (Lipinski definition) is 6. The van der Waals surface area contributed by atoms with Crippen molar-refractivity contribution in [3.8, 4) is 0 Å². The van der Waals surface area contributed by atoms with E-state index in [-0.39, 0.29) is 5.91 Å². The van der Waals surface area contributed by atoms with Crippen LogP contribution in [0.4, 0.5) is 5.69 Å². The van der Waals surface area contributed by atoms with E-state index in [0.29, 0.717) is 33.6 Å². The van der Waals surface area contributed by atoms with Gasteiger partial charge in [-0.05, 0) is 49.1 Å². The van der Waals surface area contributed by atoms with Crippen molar-refractivity contribution in [1.29, 1.82) is 0 Å². The zero-order valence-electron chi connectivity index (χ0n) is 14.8. The molecule has 0 aliphatic carbocycles. The number of aryl methyl sites for hydroxylation is 1. The van der Waals surface area contributed by atoms with Gasteiger partial charge in [0.1, 0.15) is 11.5 Å². The van der Waals surface area contributed by atoms with Gasteiger partial charge in [0.15, 0.2) is 0 Å². The van der Waals surface area contributed by atoms with Gasteiger partial charge in [-0.2, -0.15) is 0 Å². The number of anilines is 1. The van der Waals surface area contributed by atoms with E-state index in [4.69, 9.17) is 16.4 Å². The standard InChI is InChI=1S/C19H17ClN4O2S/c1-12(23-26-11-14-7-9-15(20)10-8-14)16-5-3-4-6-17(16)21-19(25)18-13(2)22-24-27-18/h3-10H,11H2,1-2H3,(H,21,25)/b23-12+. The van der Waals surface area contributed by atoms with Gasteiger partial charge < -0.3 is 10.2 Å². The Bertz CT molecular complexity index is 970. The van der Waals surface area contributed by atoms with Gasteiger partial charge in [0, 0.05) is 10.6 Å². The quantitative estimate of drug-likeness (QED) is 0.481. The van der Waals surface area contributed by atoms with Gasteiger partial charge in [0.25, 0.3) is 5.91 Å². The second kappa shape index (κ2) is 8.75. The number of aromatic nitrogens is 2. The van der Waals surface area contributed by atoms with Crippen LogP contribution in [0.2, 0.25) is 5.02 Å². The maximum atomic E-state index is 12.4. The van der Waals surface area contributed by atoms with Gasteiger partial charge >= 0.3 is 0 Å². The molecule has 1 heterocycles. The van der Waals surface area contributed by atoms with E-state index >= 15 is 0 Å². The fourth-order valence-corrected chi connectivity index (χ4v) is 3.04. The Morgan fingerprint density at radius 1 is 1.22 bits per heavy atom. The zero-order valence-corrected chi connectivity index (χ0v) is 16.3. The fraction of sp³-hybridized carbons (Fsp3) is 0.158. The molecular formula is C19H17ClN4O2S. The summed E-state index contributed by atoms with van der Waals surface area (Å²) in [4.78, 5) is 18.4. The van der Waals surface area contributed by atoms with Gasteiger partial charge in [-0.1, -0.05) is 51.6 Å². The summed E-state index contributed by atoms with van der Waals surface area (Å²) < 4.78 is 3.80. The number of halogens is 1. The minimum atomic E-state index is -0.246. The van der Waals surface area contributed by atoms with Crippen molar-refractivity contribution >= 4 is 40.4 Å². The average Bonchev–Trinajstić information content (AvgIpc) is 3.10. The van der Waals surface area contributed by atoms with Gasteiger partial charge in [-0.15, -0.1) is 5.10 Å². The highest BCUT2D eigenvalue weighted by atomic mass is 35.5. The second-order valence-electron chi connectivity index (χ2n) is 5.76. The zero-order chi connectivity index (χ0) is 19.2. The lowest BCUT2D eigenvalue weighted by molar-refractivity contribution is 0.102. The van der Waals surface area contributed by atoms with E-state index in [1.165, 1.54) is 0 Å². The first-order valence-corrected chi connectivity index (χ1v) is 9.30. The van der Waals surface area contributed by atoms with Crippen LogP contribution in [0.1, 0.15) is 33.4 Å². The van der Waals surface area contributed by atoms with Gasteiger partial charge in [-0.25, -0.2) is 0 Å². The minimum absolute atomic E-state index is 0.246. The molecule has 0 saturated heterocycles. The smallest absolute Gasteiger partial charge is 0.269 e. The van der Waals surface area contributed by atoms with Gasteiger partial charge in [-0.3, -0.25) is 4.79 Å². The molecule has 1 amide bonds. The number of carbonyl (C=O) groups excluding carboxylic acids is 1. The first kappa shape index (κ1) is 19.0. The molecule has 0 bridgehead atoms. The summed E-state index contributed by atoms with van der Waals surface area (Å²) in [5.74, 6) is -0.246. The maximum absolute atomic E-state index is 12.4. The molecule has 6 nitrogen and oxygen atoms in total. The molecule has 1 N–H and O–H groups in total. The highest BCUT2D eigenvalue weighted by Crippen LogP contribution is 2.19. The summed E-state index contributed by atoms with van der Waals surface area (Å²) in [5.41, 5.74) is 3.64. The normalized spacial score (nSPS) is 11.3. The lowest BCUT2D eigenvalue weighted by Crippen LogP contribution is -2.14. The number of para-hydroxylation sites is 1. The molecule has 0 aliphatic heterocycles. The highest BCUT2D eigenvalue weighted by molar-refractivity contribution is 7.08. The Labute approximate surface area is 166 Å². The van der Waals surface area contributed by atoms with Crippen LogP contribution in [0.15, 0.2) is 53.7 Å². The van der Waals surface area contributed by atoms with Crippen LogP contribution in [0.3, 0.4) is 0 Å². The number of benzene rings is 2. The summed E-state index contributed by atoms with van der Waals surface area (Å²) in [6, 6.07) is 14.8. The third-order valence-electron chi connectivity index (χ3n) is 3.77. The van der Waals surface area contributed by atoms with Crippen LogP contribution < -0.4 is 5.32 Å². The largest absolute Gasteiger partial charge is 0.391 e. The van der Waals surface area contributed by atoms with E-state index in [0.717, 1.165) is 22.7 Å². The molecule has 3 rings (SSSR count). The summed E-state index contributed by atoms with van der Waals surface area (Å²) in [7, 11) is 0. The summed E-state index contributed by atoms with van der Waals surface area (Å²) in [6.07, 6.45) is 0. The maximum Gasteiger partial charge on any atom is 0.269 e. The van der Waals surface area contributed by atoms with Crippen molar-refractivity contribution in [2.24, 2.45) is 5.16 Å². The molecule has 27 heavy (non-hydrogen) atoms. The molecule has 2 aromatic carbocycles. The van der Waals surface area contributed by atoms with Crippen molar-refractivity contribution in [1.82, 2.24) is 9.59 Å². The molecule has 0 fully saturated rings. The van der Waals surface area contributed by atoms with Crippen LogP contribution in [-0.4, -0.2) is 21.2 Å². The van der Waals surface area contributed by atoms with Crippen LogP contribution in [0.5, 0.6) is 0 Å². The second-order valence-corrected chi connectivity index (χ2v) is 6.95. The Morgan fingerprint density at radius 2 is 1.96 bits per heavy atom. The van der Waals surface area contributed by atoms with E-state index < -0.39 is 0 Å². The molecule has 0 radical (unpaired) electrons. The number of carbonyl (C=O) groups is 1. The molecule has 0 aliphatic rings. The number of rotatable bonds is 6. The molecule has 8 heteroatoms. The van der Waals surface area contributed by atoms with Crippen molar-refractivity contribution in [2.75, 3.05) is 5.32 Å². The Balaban J connectivity index is 1.71. The fourth-order valence-electron chi connectivity index (χ4n) is 2.36. The van der Waals surface area contributed by atoms with Crippen LogP contribution in [0, 0.1) is 6.92 Å². The number of nitrogens with zero attached hydrogens (tertiary/aromatic N) is 3. The van der Waals surface area contributed by atoms with Crippen LogP contribution >= 0.6 is 23.1 Å². The number of amides is 1. The molecule has 0 spiro atoms. The van der Waals surface area contributed by atoms with Crippen molar-refractivity contribution in [2.45, 2.75) is 20.5 Å². The monoisotopic (exact) mass is 400 g/mol. The van der Waals surface area contributed by atoms with Crippen LogP contribution in [-0.2, 0) is 11.4 Å². The van der Waals surface area contributed by atoms with E-state index in [9.17, 15) is 4.79 Å². The van der Waals surface area contributed by atoms with Crippen molar-refractivity contribution < 1.29 is 9.63 Å². The van der Waals surface area contributed by atoms with E-state index in [1.807, 2.05) is 43.3 Å². The van der Waals surface area contributed by atoms with Crippen molar-refractivity contribution in [3.63, 3.8) is 0 Å². The van der Waals surface area contributed by atoms with Gasteiger partial charge in [0.2, 0.25) is 0 Å². The molecule has 138 valence electrons. The first-order valence-electron chi connectivity index (χ1n) is 8.15. The lowest BCUT2D eigenvalue weighted by atomic mass is 10.1. The predicted octanol–water partition coefficient (Wildman–Crippen LogP) is 4.69. The predicted molar refractivity (Wildman–Crippen MR) is 107 cm³/mol. The van der Waals surface area contributed by atoms with Gasteiger partial charge in [0.05, 0.1) is 17.1 Å². The Morgan fingerprint density at radius 3 is 2.67 bits per heavy atom. The van der Waals surface area contributed by atoms with Crippen LogP contribution in [0.25, 0.3) is 0 Å². The summed E-state index contributed by atoms with van der Waals surface area (Å²) in [5, 5.41) is 11.6.